The van der Waals surface area contributed by atoms with E-state index in [4.69, 9.17) is 10.5 Å². The molecule has 0 spiro atoms. The van der Waals surface area contributed by atoms with E-state index in [2.05, 4.69) is 10.6 Å². The number of benzene rings is 1. The van der Waals surface area contributed by atoms with Gasteiger partial charge in [0.15, 0.2) is 0 Å². The molecule has 1 atom stereocenters. The highest BCUT2D eigenvalue weighted by molar-refractivity contribution is 5.85. The zero-order valence-electron chi connectivity index (χ0n) is 18.6. The third-order valence-electron chi connectivity index (χ3n) is 4.69. The summed E-state index contributed by atoms with van der Waals surface area (Å²) in [5.41, 5.74) is 8.02. The van der Waals surface area contributed by atoms with Crippen molar-refractivity contribution in [3.8, 4) is 5.75 Å². The summed E-state index contributed by atoms with van der Waals surface area (Å²) < 4.78 is 5.69. The molecule has 0 aliphatic rings. The fraction of sp³-hybridized carbons (Fsp3) is 0.591. The Hall–Kier alpha value is -2.41. The molecule has 7 heteroatoms. The average Bonchev–Trinajstić information content (AvgIpc) is 2.57. The van der Waals surface area contributed by atoms with Crippen molar-refractivity contribution in [3.63, 3.8) is 0 Å². The van der Waals surface area contributed by atoms with Gasteiger partial charge in [-0.1, -0.05) is 33.8 Å². The number of esters is 1. The van der Waals surface area contributed by atoms with Crippen LogP contribution in [0, 0.1) is 19.8 Å². The molecule has 7 nitrogen and oxygen atoms in total. The van der Waals surface area contributed by atoms with E-state index < -0.39 is 17.4 Å². The maximum atomic E-state index is 12.5. The number of ether oxygens (including phenoxy) is 1. The molecule has 0 saturated carbocycles. The van der Waals surface area contributed by atoms with E-state index in [1.54, 1.807) is 6.07 Å². The lowest BCUT2D eigenvalue weighted by Crippen LogP contribution is -2.38. The molecule has 0 heterocycles. The van der Waals surface area contributed by atoms with E-state index in [9.17, 15) is 14.4 Å². The van der Waals surface area contributed by atoms with Crippen LogP contribution in [0.1, 0.15) is 57.2 Å². The van der Waals surface area contributed by atoms with Gasteiger partial charge in [-0.05, 0) is 43.4 Å². The summed E-state index contributed by atoms with van der Waals surface area (Å²) >= 11 is 0. The van der Waals surface area contributed by atoms with E-state index >= 15 is 0 Å². The molecule has 29 heavy (non-hydrogen) atoms. The lowest BCUT2D eigenvalue weighted by atomic mass is 9.78. The number of nitrogens with one attached hydrogen (secondary N) is 2. The van der Waals surface area contributed by atoms with Crippen molar-refractivity contribution >= 4 is 17.8 Å². The van der Waals surface area contributed by atoms with Crippen LogP contribution in [0.3, 0.4) is 0 Å². The SMILES string of the molecule is CNC(=O)CNC(=O)CC(C)(C)c1c(C)cc(C)cc1OC(=O)[C@@H](N)CC(C)C. The molecule has 4 N–H and O–H groups in total. The van der Waals surface area contributed by atoms with Crippen molar-refractivity contribution in [1.29, 1.82) is 0 Å². The number of hydrogen-bond acceptors (Lipinski definition) is 5. The Kier molecular flexibility index (Phi) is 8.82. The van der Waals surface area contributed by atoms with Gasteiger partial charge in [-0.15, -0.1) is 0 Å². The maximum Gasteiger partial charge on any atom is 0.328 e. The first-order valence-electron chi connectivity index (χ1n) is 9.93. The predicted octanol–water partition coefficient (Wildman–Crippen LogP) is 2.11. The number of carbonyl (C=O) groups is 3. The monoisotopic (exact) mass is 405 g/mol. The zero-order valence-corrected chi connectivity index (χ0v) is 18.6. The summed E-state index contributed by atoms with van der Waals surface area (Å²) in [7, 11) is 1.51. The largest absolute Gasteiger partial charge is 0.425 e. The van der Waals surface area contributed by atoms with Crippen molar-refractivity contribution in [2.75, 3.05) is 13.6 Å². The molecule has 0 radical (unpaired) electrons. The van der Waals surface area contributed by atoms with Gasteiger partial charge in [-0.2, -0.15) is 0 Å². The van der Waals surface area contributed by atoms with Gasteiger partial charge in [0.2, 0.25) is 11.8 Å². The van der Waals surface area contributed by atoms with Crippen LogP contribution in [0.25, 0.3) is 0 Å². The summed E-state index contributed by atoms with van der Waals surface area (Å²) in [5.74, 6) is -0.304. The lowest BCUT2D eigenvalue weighted by Gasteiger charge is -2.29. The predicted molar refractivity (Wildman–Crippen MR) is 114 cm³/mol. The van der Waals surface area contributed by atoms with E-state index in [1.165, 1.54) is 7.05 Å². The Morgan fingerprint density at radius 3 is 2.31 bits per heavy atom. The molecule has 0 saturated heterocycles. The van der Waals surface area contributed by atoms with Crippen LogP contribution in [0.4, 0.5) is 0 Å². The van der Waals surface area contributed by atoms with Crippen molar-refractivity contribution in [3.05, 3.63) is 28.8 Å². The van der Waals surface area contributed by atoms with Gasteiger partial charge >= 0.3 is 5.97 Å². The smallest absolute Gasteiger partial charge is 0.328 e. The van der Waals surface area contributed by atoms with Crippen LogP contribution in [0.5, 0.6) is 5.75 Å². The molecule has 0 fully saturated rings. The van der Waals surface area contributed by atoms with E-state index in [-0.39, 0.29) is 30.7 Å². The van der Waals surface area contributed by atoms with Gasteiger partial charge in [-0.3, -0.25) is 9.59 Å². The summed E-state index contributed by atoms with van der Waals surface area (Å²) in [5, 5.41) is 5.07. The molecule has 0 aliphatic heterocycles. The third-order valence-corrected chi connectivity index (χ3v) is 4.69. The Labute approximate surface area is 173 Å². The fourth-order valence-corrected chi connectivity index (χ4v) is 3.48. The molecular weight excluding hydrogens is 370 g/mol. The second-order valence-electron chi connectivity index (χ2n) is 8.62. The lowest BCUT2D eigenvalue weighted by molar-refractivity contribution is -0.136. The topological polar surface area (TPSA) is 111 Å². The van der Waals surface area contributed by atoms with Crippen LogP contribution in [-0.2, 0) is 19.8 Å². The van der Waals surface area contributed by atoms with Crippen LogP contribution in [-0.4, -0.2) is 37.4 Å². The molecular formula is C22H35N3O4. The van der Waals surface area contributed by atoms with Crippen molar-refractivity contribution in [2.45, 2.75) is 65.8 Å². The standard InChI is InChI=1S/C22H35N3O4/c1-13(2)8-16(23)21(28)29-17-10-14(3)9-15(4)20(17)22(5,6)11-18(26)25-12-19(27)24-7/h9-10,13,16H,8,11-12,23H2,1-7H3,(H,24,27)(H,25,26)/t16-/m0/s1. The van der Waals surface area contributed by atoms with Crippen LogP contribution >= 0.6 is 0 Å². The molecule has 0 aromatic heterocycles. The second kappa shape index (κ2) is 10.4. The number of nitrogens with two attached hydrogens (primary N) is 1. The van der Waals surface area contributed by atoms with Crippen LogP contribution in [0.2, 0.25) is 0 Å². The maximum absolute atomic E-state index is 12.5. The number of carbonyl (C=O) groups excluding carboxylic acids is 3. The van der Waals surface area contributed by atoms with Crippen molar-refractivity contribution < 1.29 is 19.1 Å². The van der Waals surface area contributed by atoms with Gasteiger partial charge in [0.1, 0.15) is 11.8 Å². The van der Waals surface area contributed by atoms with Crippen LogP contribution < -0.4 is 21.1 Å². The van der Waals surface area contributed by atoms with E-state index in [0.717, 1.165) is 16.7 Å². The Morgan fingerprint density at radius 2 is 1.76 bits per heavy atom. The van der Waals surface area contributed by atoms with Crippen molar-refractivity contribution in [2.24, 2.45) is 11.7 Å². The molecule has 1 aromatic carbocycles. The zero-order chi connectivity index (χ0) is 22.4. The van der Waals surface area contributed by atoms with E-state index in [1.807, 2.05) is 47.6 Å². The third kappa shape index (κ3) is 7.49. The van der Waals surface area contributed by atoms with Crippen molar-refractivity contribution in [1.82, 2.24) is 10.6 Å². The normalized spacial score (nSPS) is 12.4. The Bertz CT molecular complexity index is 757. The Morgan fingerprint density at radius 1 is 1.14 bits per heavy atom. The molecule has 162 valence electrons. The van der Waals surface area contributed by atoms with Gasteiger partial charge in [0.05, 0.1) is 6.54 Å². The molecule has 1 rings (SSSR count). The molecule has 0 bridgehead atoms. The highest BCUT2D eigenvalue weighted by Crippen LogP contribution is 2.38. The van der Waals surface area contributed by atoms with Gasteiger partial charge < -0.3 is 21.1 Å². The van der Waals surface area contributed by atoms with Crippen LogP contribution in [0.15, 0.2) is 12.1 Å². The number of rotatable bonds is 9. The first kappa shape index (κ1) is 24.6. The number of amides is 2. The minimum absolute atomic E-state index is 0.0792. The summed E-state index contributed by atoms with van der Waals surface area (Å²) in [4.78, 5) is 36.3. The number of aryl methyl sites for hydroxylation is 2. The number of likely N-dealkylation sites (N-methyl/N-ethyl adjacent to an activating group) is 1. The second-order valence-corrected chi connectivity index (χ2v) is 8.62. The summed E-state index contributed by atoms with van der Waals surface area (Å²) in [6.45, 7) is 11.6. The molecule has 0 unspecified atom stereocenters. The van der Waals surface area contributed by atoms with E-state index in [0.29, 0.717) is 12.2 Å². The minimum atomic E-state index is -0.706. The molecule has 0 aliphatic carbocycles. The first-order chi connectivity index (χ1) is 13.4. The van der Waals surface area contributed by atoms with Gasteiger partial charge in [-0.25, -0.2) is 4.79 Å². The quantitative estimate of drug-likeness (QED) is 0.430. The fourth-order valence-electron chi connectivity index (χ4n) is 3.48. The van der Waals surface area contributed by atoms with Gasteiger partial charge in [0, 0.05) is 24.4 Å². The molecule has 1 aromatic rings. The highest BCUT2D eigenvalue weighted by atomic mass is 16.5. The minimum Gasteiger partial charge on any atom is -0.425 e. The van der Waals surface area contributed by atoms with Gasteiger partial charge in [0.25, 0.3) is 0 Å². The summed E-state index contributed by atoms with van der Waals surface area (Å²) in [6, 6.07) is 3.08. The highest BCUT2D eigenvalue weighted by Gasteiger charge is 2.31. The average molecular weight is 406 g/mol. The first-order valence-corrected chi connectivity index (χ1v) is 9.93. The molecule has 2 amide bonds. The Balaban J connectivity index is 3.11. The number of hydrogen-bond donors (Lipinski definition) is 3. The summed E-state index contributed by atoms with van der Waals surface area (Å²) in [6.07, 6.45) is 0.667.